The summed E-state index contributed by atoms with van der Waals surface area (Å²) in [4.78, 5) is 35.0. The lowest BCUT2D eigenvalue weighted by molar-refractivity contribution is -0.121. The van der Waals surface area contributed by atoms with Crippen LogP contribution in [0.4, 0.5) is 17.2 Å². The molecule has 0 saturated carbocycles. The molecule has 1 heterocycles. The Morgan fingerprint density at radius 1 is 1.05 bits per heavy atom. The first kappa shape index (κ1) is 27.4. The molecule has 0 atom stereocenters. The van der Waals surface area contributed by atoms with Crippen molar-refractivity contribution in [1.29, 1.82) is 0 Å². The Hall–Kier alpha value is -4.63. The zero-order valence-electron chi connectivity index (χ0n) is 21.5. The van der Waals surface area contributed by atoms with Crippen LogP contribution in [0, 0.1) is 0 Å². The molecule has 0 bridgehead atoms. The van der Waals surface area contributed by atoms with Gasteiger partial charge in [-0.2, -0.15) is 0 Å². The number of nitrogens with one attached hydrogen (secondary N) is 3. The third kappa shape index (κ3) is 7.24. The number of nitrogens with zero attached hydrogens (tertiary/aromatic N) is 3. The quantitative estimate of drug-likeness (QED) is 0.166. The Labute approximate surface area is 231 Å². The minimum absolute atomic E-state index is 0.0910. The van der Waals surface area contributed by atoms with E-state index in [1.165, 1.54) is 10.9 Å². The molecule has 39 heavy (non-hydrogen) atoms. The molecule has 0 fully saturated rings. The topological polar surface area (TPSA) is 126 Å². The number of anilines is 2. The number of benzene rings is 3. The van der Waals surface area contributed by atoms with E-state index < -0.39 is 5.56 Å². The van der Waals surface area contributed by atoms with Crippen LogP contribution >= 0.6 is 11.6 Å². The van der Waals surface area contributed by atoms with Gasteiger partial charge < -0.3 is 21.7 Å². The van der Waals surface area contributed by atoms with Gasteiger partial charge in [0, 0.05) is 31.4 Å². The van der Waals surface area contributed by atoms with Gasteiger partial charge in [0.05, 0.1) is 17.7 Å². The van der Waals surface area contributed by atoms with Gasteiger partial charge in [-0.1, -0.05) is 66.2 Å². The Balaban J connectivity index is 1.58. The minimum Gasteiger partial charge on any atom is -0.390 e. The van der Waals surface area contributed by atoms with E-state index in [9.17, 15) is 9.59 Å². The summed E-state index contributed by atoms with van der Waals surface area (Å²) in [5.74, 6) is -0.252. The van der Waals surface area contributed by atoms with Gasteiger partial charge >= 0.3 is 0 Å². The maximum Gasteiger partial charge on any atom is 0.294 e. The van der Waals surface area contributed by atoms with E-state index in [0.717, 1.165) is 16.8 Å². The number of carbonyl (C=O) groups excluding carboxylic acids is 1. The van der Waals surface area contributed by atoms with Gasteiger partial charge in [-0.05, 0) is 41.8 Å². The Kier molecular flexibility index (Phi) is 9.31. The van der Waals surface area contributed by atoms with Crippen molar-refractivity contribution >= 4 is 41.0 Å². The Bertz CT molecular complexity index is 1500. The maximum absolute atomic E-state index is 13.6. The first-order valence-corrected chi connectivity index (χ1v) is 12.8. The average molecular weight is 544 g/mol. The second kappa shape index (κ2) is 13.3. The fourth-order valence-electron chi connectivity index (χ4n) is 4.06. The summed E-state index contributed by atoms with van der Waals surface area (Å²) < 4.78 is 1.36. The van der Waals surface area contributed by atoms with E-state index in [0.29, 0.717) is 29.9 Å². The molecule has 0 saturated heterocycles. The van der Waals surface area contributed by atoms with Crippen LogP contribution in [0.25, 0.3) is 11.3 Å². The third-order valence-electron chi connectivity index (χ3n) is 6.05. The minimum atomic E-state index is -0.434. The van der Waals surface area contributed by atoms with E-state index in [-0.39, 0.29) is 30.0 Å². The highest BCUT2D eigenvalue weighted by Crippen LogP contribution is 2.28. The second-order valence-corrected chi connectivity index (χ2v) is 9.06. The summed E-state index contributed by atoms with van der Waals surface area (Å²) in [5, 5.41) is 9.17. The summed E-state index contributed by atoms with van der Waals surface area (Å²) in [5.41, 5.74) is 9.48. The number of nitrogens with two attached hydrogens (primary N) is 1. The number of hydrogen-bond acceptors (Lipinski definition) is 6. The van der Waals surface area contributed by atoms with E-state index in [1.54, 1.807) is 19.2 Å². The predicted molar refractivity (Wildman–Crippen MR) is 158 cm³/mol. The normalized spacial score (nSPS) is 10.9. The van der Waals surface area contributed by atoms with Gasteiger partial charge in [-0.3, -0.25) is 14.2 Å². The zero-order valence-corrected chi connectivity index (χ0v) is 22.3. The first-order valence-electron chi connectivity index (χ1n) is 12.4. The van der Waals surface area contributed by atoms with Gasteiger partial charge in [0.1, 0.15) is 6.54 Å². The largest absolute Gasteiger partial charge is 0.390 e. The molecule has 1 amide bonds. The summed E-state index contributed by atoms with van der Waals surface area (Å²) in [6, 6.07) is 24.6. The molecule has 1 aromatic heterocycles. The van der Waals surface area contributed by atoms with Gasteiger partial charge in [-0.25, -0.2) is 9.98 Å². The van der Waals surface area contributed by atoms with Crippen molar-refractivity contribution in [2.75, 3.05) is 24.2 Å². The van der Waals surface area contributed by atoms with Gasteiger partial charge in [0.15, 0.2) is 11.0 Å². The van der Waals surface area contributed by atoms with Gasteiger partial charge in [-0.15, -0.1) is 0 Å². The van der Waals surface area contributed by atoms with Gasteiger partial charge in [0.25, 0.3) is 5.56 Å². The van der Waals surface area contributed by atoms with Crippen molar-refractivity contribution in [2.45, 2.75) is 19.5 Å². The fourth-order valence-corrected chi connectivity index (χ4v) is 4.35. The smallest absolute Gasteiger partial charge is 0.294 e. The number of aliphatic imine (C=N–C) groups is 1. The lowest BCUT2D eigenvalue weighted by Crippen LogP contribution is -2.34. The van der Waals surface area contributed by atoms with Crippen LogP contribution in [0.15, 0.2) is 88.6 Å². The lowest BCUT2D eigenvalue weighted by atomic mass is 10.1. The number of halogens is 1. The van der Waals surface area contributed by atoms with Gasteiger partial charge in [0.2, 0.25) is 5.91 Å². The average Bonchev–Trinajstić information content (AvgIpc) is 2.96. The van der Waals surface area contributed by atoms with Crippen molar-refractivity contribution in [3.05, 3.63) is 105 Å². The van der Waals surface area contributed by atoms with E-state index >= 15 is 0 Å². The number of amides is 1. The molecule has 200 valence electrons. The number of hydrogen-bond donors (Lipinski definition) is 4. The van der Waals surface area contributed by atoms with Crippen molar-refractivity contribution in [3.8, 4) is 11.3 Å². The van der Waals surface area contributed by atoms with Crippen LogP contribution in [0.5, 0.6) is 0 Å². The number of rotatable bonds is 11. The van der Waals surface area contributed by atoms with Crippen LogP contribution < -0.4 is 27.2 Å². The molecular weight excluding hydrogens is 514 g/mol. The van der Waals surface area contributed by atoms with Crippen molar-refractivity contribution in [1.82, 2.24) is 14.9 Å². The fraction of sp³-hybridized carbons (Fsp3) is 0.172. The monoisotopic (exact) mass is 543 g/mol. The predicted octanol–water partition coefficient (Wildman–Crippen LogP) is 4.19. The van der Waals surface area contributed by atoms with Crippen LogP contribution in [0.3, 0.4) is 0 Å². The summed E-state index contributed by atoms with van der Waals surface area (Å²) >= 11 is 6.65. The van der Waals surface area contributed by atoms with Crippen molar-refractivity contribution < 1.29 is 4.79 Å². The van der Waals surface area contributed by atoms with E-state index in [4.69, 9.17) is 17.3 Å². The lowest BCUT2D eigenvalue weighted by Gasteiger charge is -2.17. The molecule has 4 aromatic rings. The number of carbonyl (C=O) groups is 1. The molecule has 0 aliphatic heterocycles. The maximum atomic E-state index is 13.6. The molecular formula is C29H30ClN7O2. The molecule has 0 aliphatic carbocycles. The molecule has 10 heteroatoms. The SMILES string of the molecule is CNc1cccc(-c2c(Cl)nc(NCCc3ccccc3)c(=O)n2CC(=O)NCc2ccc(N=CN)cc2)c1. The molecule has 0 unspecified atom stereocenters. The van der Waals surface area contributed by atoms with Crippen LogP contribution in [0.1, 0.15) is 11.1 Å². The van der Waals surface area contributed by atoms with Crippen molar-refractivity contribution in [3.63, 3.8) is 0 Å². The molecule has 4 rings (SSSR count). The molecule has 9 nitrogen and oxygen atoms in total. The molecule has 0 radical (unpaired) electrons. The van der Waals surface area contributed by atoms with Crippen LogP contribution in [-0.2, 0) is 24.3 Å². The highest BCUT2D eigenvalue weighted by Gasteiger charge is 2.19. The summed E-state index contributed by atoms with van der Waals surface area (Å²) in [7, 11) is 1.80. The standard InChI is InChI=1S/C29H30ClN7O2/c1-32-24-9-5-8-22(16-24)26-27(30)36-28(33-15-14-20-6-3-2-4-7-20)29(39)37(26)18-25(38)34-17-21-10-12-23(13-11-21)35-19-31/h2-13,16,19,32H,14-15,17-18H2,1H3,(H2,31,35)(H,33,36)(H,34,38). The molecule has 0 spiro atoms. The van der Waals surface area contributed by atoms with E-state index in [2.05, 4.69) is 25.9 Å². The third-order valence-corrected chi connectivity index (χ3v) is 6.31. The number of aromatic nitrogens is 2. The van der Waals surface area contributed by atoms with Crippen LogP contribution in [-0.4, -0.2) is 35.4 Å². The summed E-state index contributed by atoms with van der Waals surface area (Å²) in [6.45, 7) is 0.530. The Morgan fingerprint density at radius 2 is 1.82 bits per heavy atom. The first-order chi connectivity index (χ1) is 19.0. The highest BCUT2D eigenvalue weighted by atomic mass is 35.5. The summed E-state index contributed by atoms with van der Waals surface area (Å²) in [6.07, 6.45) is 1.92. The molecule has 0 aliphatic rings. The Morgan fingerprint density at radius 3 is 2.54 bits per heavy atom. The van der Waals surface area contributed by atoms with Crippen molar-refractivity contribution in [2.24, 2.45) is 10.7 Å². The molecule has 5 N–H and O–H groups in total. The molecule has 3 aromatic carbocycles. The van der Waals surface area contributed by atoms with E-state index in [1.807, 2.05) is 66.7 Å². The highest BCUT2D eigenvalue weighted by molar-refractivity contribution is 6.32. The zero-order chi connectivity index (χ0) is 27.6. The van der Waals surface area contributed by atoms with Crippen LogP contribution in [0.2, 0.25) is 5.15 Å². The second-order valence-electron chi connectivity index (χ2n) is 8.71.